The van der Waals surface area contributed by atoms with Gasteiger partial charge in [0.25, 0.3) is 0 Å². The summed E-state index contributed by atoms with van der Waals surface area (Å²) in [5, 5.41) is 38.5. The molecule has 0 saturated carbocycles. The van der Waals surface area contributed by atoms with Crippen molar-refractivity contribution in [2.45, 2.75) is 12.6 Å². The summed E-state index contributed by atoms with van der Waals surface area (Å²) in [6, 6.07) is 0. The largest absolute Gasteiger partial charge is 0.693 e. The molecule has 1 rings (SSSR count). The van der Waals surface area contributed by atoms with Gasteiger partial charge in [0, 0.05) is 67.1 Å². The smallest absolute Gasteiger partial charge is 0.176 e. The summed E-state index contributed by atoms with van der Waals surface area (Å²) in [4.78, 5) is 0. The van der Waals surface area contributed by atoms with Gasteiger partial charge in [0.15, 0.2) is 12.6 Å². The molecule has 0 aromatic carbocycles. The first-order valence-corrected chi connectivity index (χ1v) is 3.40. The van der Waals surface area contributed by atoms with E-state index < -0.39 is 12.6 Å². The van der Waals surface area contributed by atoms with Crippen LogP contribution in [0.25, 0.3) is 11.5 Å². The Kier molecular flexibility index (Phi) is 79.4. The SMILES string of the molecule is O.O.O.OC(O)C1=C[N-]CC(C(O)O)=C1.[Co].[Co].[Co].[Co].[NH2-].[OH3+]. The fraction of sp³-hybridized carbons (Fsp3) is 0.429. The van der Waals surface area contributed by atoms with Crippen molar-refractivity contribution >= 4 is 0 Å². The van der Waals surface area contributed by atoms with E-state index in [2.05, 4.69) is 5.32 Å². The van der Waals surface area contributed by atoms with Crippen molar-refractivity contribution in [3.8, 4) is 0 Å². The summed E-state index contributed by atoms with van der Waals surface area (Å²) >= 11 is 0. The van der Waals surface area contributed by atoms with Crippen molar-refractivity contribution in [1.29, 1.82) is 0 Å². The van der Waals surface area contributed by atoms with Gasteiger partial charge in [-0.15, -0.1) is 6.54 Å². The van der Waals surface area contributed by atoms with Crippen LogP contribution in [0.5, 0.6) is 0 Å². The first-order valence-electron chi connectivity index (χ1n) is 3.40. The summed E-state index contributed by atoms with van der Waals surface area (Å²) in [6.07, 6.45) is -0.613. The molecule has 0 bridgehead atoms. The van der Waals surface area contributed by atoms with Gasteiger partial charge < -0.3 is 53.8 Å². The van der Waals surface area contributed by atoms with Gasteiger partial charge in [-0.2, -0.15) is 6.20 Å². The van der Waals surface area contributed by atoms with Crippen molar-refractivity contribution in [1.82, 2.24) is 0 Å². The van der Waals surface area contributed by atoms with Crippen molar-refractivity contribution in [2.24, 2.45) is 0 Å². The van der Waals surface area contributed by atoms with Gasteiger partial charge >= 0.3 is 0 Å². The van der Waals surface area contributed by atoms with Crippen LogP contribution in [-0.4, -0.2) is 56.0 Å². The molecule has 144 valence electrons. The molecule has 0 aromatic rings. The molecular formula is C7H21Co4N2O8-. The Morgan fingerprint density at radius 3 is 1.52 bits per heavy atom. The van der Waals surface area contributed by atoms with Crippen LogP contribution < -0.4 is 0 Å². The molecule has 4 radical (unpaired) electrons. The van der Waals surface area contributed by atoms with Crippen LogP contribution in [0.3, 0.4) is 0 Å². The molecule has 0 saturated heterocycles. The monoisotopic (exact) mass is 497 g/mol. The minimum Gasteiger partial charge on any atom is -0.693 e. The fourth-order valence-corrected chi connectivity index (χ4v) is 0.851. The van der Waals surface area contributed by atoms with Gasteiger partial charge in [-0.3, -0.25) is 0 Å². The second-order valence-electron chi connectivity index (χ2n) is 2.44. The van der Waals surface area contributed by atoms with E-state index in [1.807, 2.05) is 0 Å². The Balaban J connectivity index is -0.0000000229. The fourth-order valence-electron chi connectivity index (χ4n) is 0.851. The van der Waals surface area contributed by atoms with Crippen LogP contribution in [0.15, 0.2) is 23.4 Å². The van der Waals surface area contributed by atoms with E-state index >= 15 is 0 Å². The van der Waals surface area contributed by atoms with Crippen molar-refractivity contribution in [3.63, 3.8) is 0 Å². The van der Waals surface area contributed by atoms with E-state index in [-0.39, 0.29) is 113 Å². The normalized spacial score (nSPS) is 10.0. The maximum absolute atomic E-state index is 8.71. The maximum Gasteiger partial charge on any atom is 0.176 e. The Bertz CT molecular complexity index is 243. The molecule has 10 nitrogen and oxygen atoms in total. The Morgan fingerprint density at radius 1 is 0.857 bits per heavy atom. The van der Waals surface area contributed by atoms with Crippen molar-refractivity contribution < 1.29 is 109 Å². The van der Waals surface area contributed by atoms with E-state index in [0.29, 0.717) is 0 Å². The minimum absolute atomic E-state index is 0. The topological polar surface area (TPSA) is 256 Å². The maximum atomic E-state index is 8.71. The molecule has 0 aliphatic carbocycles. The average Bonchev–Trinajstić information content (AvgIpc) is 2.04. The predicted molar refractivity (Wildman–Crippen MR) is 61.8 cm³/mol. The summed E-state index contributed by atoms with van der Waals surface area (Å²) < 4.78 is 0. The number of nitrogens with zero attached hydrogens (tertiary/aromatic N) is 1. The van der Waals surface area contributed by atoms with Gasteiger partial charge in [-0.25, -0.2) is 0 Å². The van der Waals surface area contributed by atoms with Crippen LogP contribution in [0.4, 0.5) is 0 Å². The van der Waals surface area contributed by atoms with Crippen LogP contribution in [0.1, 0.15) is 0 Å². The Labute approximate surface area is 163 Å². The van der Waals surface area contributed by atoms with Crippen LogP contribution in [0, 0.1) is 0 Å². The quantitative estimate of drug-likeness (QED) is 0.220. The molecule has 0 amide bonds. The second-order valence-corrected chi connectivity index (χ2v) is 2.44. The zero-order valence-electron chi connectivity index (χ0n) is 10.2. The van der Waals surface area contributed by atoms with E-state index in [1.165, 1.54) is 12.3 Å². The number of nitrogens with two attached hydrogens (primary N) is 1. The van der Waals surface area contributed by atoms with Gasteiger partial charge in [0.1, 0.15) is 0 Å². The molecule has 0 fully saturated rings. The van der Waals surface area contributed by atoms with E-state index in [9.17, 15) is 0 Å². The summed E-state index contributed by atoms with van der Waals surface area (Å²) in [6.45, 7) is 0.174. The van der Waals surface area contributed by atoms with E-state index in [0.717, 1.165) is 0 Å². The molecule has 1 aliphatic rings. The molecule has 0 aromatic heterocycles. The molecule has 15 N–H and O–H groups in total. The molecular weight excluding hydrogens is 476 g/mol. The van der Waals surface area contributed by atoms with Gasteiger partial charge in [-0.1, -0.05) is 6.08 Å². The molecule has 1 heterocycles. The first-order chi connectivity index (χ1) is 5.61. The van der Waals surface area contributed by atoms with Gasteiger partial charge in [0.2, 0.25) is 0 Å². The molecule has 0 unspecified atom stereocenters. The zero-order chi connectivity index (χ0) is 9.14. The predicted octanol–water partition coefficient (Wildman–Crippen LogP) is -3.88. The average molecular weight is 497 g/mol. The molecule has 1 aliphatic heterocycles. The van der Waals surface area contributed by atoms with E-state index in [4.69, 9.17) is 20.4 Å². The van der Waals surface area contributed by atoms with Crippen molar-refractivity contribution in [3.05, 3.63) is 34.9 Å². The van der Waals surface area contributed by atoms with E-state index in [1.54, 1.807) is 0 Å². The van der Waals surface area contributed by atoms with Crippen LogP contribution >= 0.6 is 0 Å². The molecule has 0 spiro atoms. The number of hydrogen-bond donors (Lipinski definition) is 4. The number of aliphatic hydroxyl groups is 4. The molecule has 14 heteroatoms. The van der Waals surface area contributed by atoms with Crippen LogP contribution in [0.2, 0.25) is 0 Å². The van der Waals surface area contributed by atoms with Gasteiger partial charge in [-0.05, 0) is 11.1 Å². The number of rotatable bonds is 2. The first kappa shape index (κ1) is 57.4. The Morgan fingerprint density at radius 2 is 1.24 bits per heavy atom. The second kappa shape index (κ2) is 29.0. The standard InChI is InChI=1S/C7H10NO4.4Co.H2N.4H2O/c9-6(10)4-1-5(7(11)12)3-8-2-4;;;;;;;;;/h1-2,6-7,9-12H,3H2;;;;;5*1H2/q-1;;;;;-1;;;;/p+1. The summed E-state index contributed by atoms with van der Waals surface area (Å²) in [5.41, 5.74) is 0.407. The third kappa shape index (κ3) is 20.9. The number of hydrogen-bond acceptors (Lipinski definition) is 4. The molecule has 0 atom stereocenters. The summed E-state index contributed by atoms with van der Waals surface area (Å²) in [7, 11) is 0. The molecule has 21 heavy (non-hydrogen) atoms. The Hall–Kier alpha value is 0.946. The minimum atomic E-state index is -1.62. The third-order valence-corrected chi connectivity index (χ3v) is 1.50. The van der Waals surface area contributed by atoms with Crippen molar-refractivity contribution in [2.75, 3.05) is 6.54 Å². The third-order valence-electron chi connectivity index (χ3n) is 1.50. The summed E-state index contributed by atoms with van der Waals surface area (Å²) in [5.74, 6) is 0. The zero-order valence-corrected chi connectivity index (χ0v) is 14.4. The van der Waals surface area contributed by atoms with Gasteiger partial charge in [0.05, 0.1) is 0 Å². The van der Waals surface area contributed by atoms with Crippen LogP contribution in [-0.2, 0) is 72.6 Å². The number of aliphatic hydroxyl groups excluding tert-OH is 2.